The molecule has 6 nitrogen and oxygen atoms in total. The van der Waals surface area contributed by atoms with E-state index in [1.54, 1.807) is 48.5 Å². The number of amides is 2. The molecule has 0 saturated heterocycles. The van der Waals surface area contributed by atoms with Crippen molar-refractivity contribution in [1.29, 1.82) is 0 Å². The Morgan fingerprint density at radius 1 is 0.938 bits per heavy atom. The molecule has 0 saturated carbocycles. The molecule has 3 rings (SSSR count). The van der Waals surface area contributed by atoms with Crippen LogP contribution < -0.4 is 10.6 Å². The minimum atomic E-state index is -1.19. The highest BCUT2D eigenvalue weighted by atomic mass is 35.5. The fourth-order valence-electron chi connectivity index (χ4n) is 2.97. The average molecular weight is 451 g/mol. The Morgan fingerprint density at radius 3 is 2.25 bits per heavy atom. The van der Waals surface area contributed by atoms with E-state index in [2.05, 4.69) is 10.6 Å². The van der Waals surface area contributed by atoms with Crippen LogP contribution in [0.5, 0.6) is 0 Å². The summed E-state index contributed by atoms with van der Waals surface area (Å²) >= 11 is 6.13. The van der Waals surface area contributed by atoms with E-state index < -0.39 is 18.0 Å². The topological polar surface area (TPSA) is 84.5 Å². The lowest BCUT2D eigenvalue weighted by atomic mass is 10.1. The number of carbonyl (C=O) groups is 3. The molecule has 0 aromatic heterocycles. The van der Waals surface area contributed by atoms with Crippen LogP contribution in [0.2, 0.25) is 5.02 Å². The lowest BCUT2D eigenvalue weighted by Gasteiger charge is -2.18. The number of aryl methyl sites for hydroxylation is 1. The molecule has 0 spiro atoms. The maximum absolute atomic E-state index is 12.9. The van der Waals surface area contributed by atoms with E-state index in [0.29, 0.717) is 16.3 Å². The second-order valence-electron chi connectivity index (χ2n) is 7.17. The fourth-order valence-corrected chi connectivity index (χ4v) is 3.15. The van der Waals surface area contributed by atoms with Crippen molar-refractivity contribution in [3.63, 3.8) is 0 Å². The second-order valence-corrected chi connectivity index (χ2v) is 7.58. The van der Waals surface area contributed by atoms with E-state index in [0.717, 1.165) is 11.1 Å². The molecule has 164 valence electrons. The van der Waals surface area contributed by atoms with Gasteiger partial charge in [-0.05, 0) is 30.2 Å². The molecule has 7 heteroatoms. The third kappa shape index (κ3) is 6.68. The number of hydrogen-bond acceptors (Lipinski definition) is 4. The molecule has 2 N–H and O–H groups in total. The van der Waals surface area contributed by atoms with E-state index in [1.165, 1.54) is 0 Å². The Morgan fingerprint density at radius 2 is 1.59 bits per heavy atom. The summed E-state index contributed by atoms with van der Waals surface area (Å²) < 4.78 is 5.43. The highest BCUT2D eigenvalue weighted by Crippen LogP contribution is 2.23. The van der Waals surface area contributed by atoms with Crippen molar-refractivity contribution in [1.82, 2.24) is 5.32 Å². The van der Waals surface area contributed by atoms with Gasteiger partial charge in [0.1, 0.15) is 6.54 Å². The number of halogens is 1. The van der Waals surface area contributed by atoms with Gasteiger partial charge in [0, 0.05) is 16.3 Å². The summed E-state index contributed by atoms with van der Waals surface area (Å²) in [7, 11) is 0. The molecule has 32 heavy (non-hydrogen) atoms. The number of hydrogen-bond donors (Lipinski definition) is 2. The largest absolute Gasteiger partial charge is 0.446 e. The highest BCUT2D eigenvalue weighted by Gasteiger charge is 2.25. The van der Waals surface area contributed by atoms with Crippen LogP contribution in [-0.4, -0.2) is 24.3 Å². The molecular formula is C25H23ClN2O4. The summed E-state index contributed by atoms with van der Waals surface area (Å²) in [5.74, 6) is -1.57. The van der Waals surface area contributed by atoms with Crippen molar-refractivity contribution < 1.29 is 19.1 Å². The Hall–Kier alpha value is -3.64. The number of benzene rings is 3. The Balaban J connectivity index is 1.63. The van der Waals surface area contributed by atoms with Crippen LogP contribution in [0.4, 0.5) is 5.69 Å². The normalized spacial score (nSPS) is 11.3. The minimum Gasteiger partial charge on any atom is -0.446 e. The number of carbonyl (C=O) groups excluding carboxylic acids is 3. The summed E-state index contributed by atoms with van der Waals surface area (Å²) in [6.07, 6.45) is -1.04. The molecule has 0 aliphatic carbocycles. The zero-order chi connectivity index (χ0) is 22.9. The average Bonchev–Trinajstić information content (AvgIpc) is 2.79. The van der Waals surface area contributed by atoms with Crippen LogP contribution in [0, 0.1) is 6.92 Å². The van der Waals surface area contributed by atoms with E-state index >= 15 is 0 Å². The van der Waals surface area contributed by atoms with E-state index in [9.17, 15) is 14.4 Å². The number of nitrogens with one attached hydrogen (secondary N) is 2. The second kappa shape index (κ2) is 11.1. The summed E-state index contributed by atoms with van der Waals surface area (Å²) in [6.45, 7) is 1.51. The Labute approximate surface area is 191 Å². The van der Waals surface area contributed by atoms with Crippen molar-refractivity contribution in [2.24, 2.45) is 0 Å². The molecule has 3 aromatic rings. The molecule has 0 bridgehead atoms. The number of anilines is 1. The van der Waals surface area contributed by atoms with Crippen LogP contribution in [-0.2, 0) is 25.5 Å². The molecule has 0 heterocycles. The van der Waals surface area contributed by atoms with Gasteiger partial charge >= 0.3 is 5.97 Å². The van der Waals surface area contributed by atoms with Gasteiger partial charge in [0.05, 0.1) is 6.42 Å². The lowest BCUT2D eigenvalue weighted by Crippen LogP contribution is -2.34. The summed E-state index contributed by atoms with van der Waals surface area (Å²) in [5.41, 5.74) is 2.70. The fraction of sp³-hybridized carbons (Fsp3) is 0.160. The van der Waals surface area contributed by atoms with Gasteiger partial charge in [0.2, 0.25) is 12.0 Å². The van der Waals surface area contributed by atoms with Gasteiger partial charge in [-0.1, -0.05) is 78.3 Å². The number of rotatable bonds is 8. The maximum atomic E-state index is 12.9. The molecule has 0 aliphatic rings. The number of ether oxygens (including phenoxy) is 1. The van der Waals surface area contributed by atoms with E-state index in [-0.39, 0.29) is 18.9 Å². The minimum absolute atomic E-state index is 0.144. The number of esters is 1. The first-order valence-corrected chi connectivity index (χ1v) is 10.4. The van der Waals surface area contributed by atoms with Gasteiger partial charge in [-0.15, -0.1) is 0 Å². The summed E-state index contributed by atoms with van der Waals surface area (Å²) in [4.78, 5) is 37.4. The highest BCUT2D eigenvalue weighted by molar-refractivity contribution is 6.31. The maximum Gasteiger partial charge on any atom is 0.326 e. The third-order valence-corrected chi connectivity index (χ3v) is 5.07. The summed E-state index contributed by atoms with van der Waals surface area (Å²) in [5, 5.41) is 5.76. The summed E-state index contributed by atoms with van der Waals surface area (Å²) in [6, 6.07) is 23.0. The van der Waals surface area contributed by atoms with Gasteiger partial charge in [-0.25, -0.2) is 0 Å². The quantitative estimate of drug-likeness (QED) is 0.503. The van der Waals surface area contributed by atoms with E-state index in [4.69, 9.17) is 16.3 Å². The van der Waals surface area contributed by atoms with Crippen molar-refractivity contribution in [3.05, 3.63) is 101 Å². The van der Waals surface area contributed by atoms with Gasteiger partial charge in [-0.2, -0.15) is 0 Å². The molecular weight excluding hydrogens is 428 g/mol. The predicted molar refractivity (Wildman–Crippen MR) is 123 cm³/mol. The molecule has 3 aromatic carbocycles. The molecule has 0 aliphatic heterocycles. The van der Waals surface area contributed by atoms with Crippen molar-refractivity contribution in [2.75, 3.05) is 11.9 Å². The monoisotopic (exact) mass is 450 g/mol. The van der Waals surface area contributed by atoms with Gasteiger partial charge in [0.15, 0.2) is 0 Å². The van der Waals surface area contributed by atoms with Crippen LogP contribution in [0.3, 0.4) is 0 Å². The lowest BCUT2D eigenvalue weighted by molar-refractivity contribution is -0.154. The van der Waals surface area contributed by atoms with Crippen molar-refractivity contribution in [2.45, 2.75) is 19.4 Å². The molecule has 2 amide bonds. The first kappa shape index (κ1) is 23.0. The Kier molecular flexibility index (Phi) is 8.00. The zero-order valence-corrected chi connectivity index (χ0v) is 18.3. The standard InChI is InChI=1S/C25H23ClN2O4/c1-17-12-13-20(15-21(17)26)28-25(31)24(19-10-6-3-7-11-19)32-23(30)16-27-22(29)14-18-8-4-2-5-9-18/h2-13,15,24H,14,16H2,1H3,(H,27,29)(H,28,31). The van der Waals surface area contributed by atoms with Gasteiger partial charge in [0.25, 0.3) is 5.91 Å². The van der Waals surface area contributed by atoms with Crippen LogP contribution >= 0.6 is 11.6 Å². The van der Waals surface area contributed by atoms with Gasteiger partial charge < -0.3 is 15.4 Å². The van der Waals surface area contributed by atoms with Crippen molar-refractivity contribution >= 4 is 35.1 Å². The Bertz CT molecular complexity index is 1090. The first-order valence-electron chi connectivity index (χ1n) is 10.0. The van der Waals surface area contributed by atoms with Crippen LogP contribution in [0.25, 0.3) is 0 Å². The van der Waals surface area contributed by atoms with Crippen molar-refractivity contribution in [3.8, 4) is 0 Å². The van der Waals surface area contributed by atoms with E-state index in [1.807, 2.05) is 37.3 Å². The molecule has 1 unspecified atom stereocenters. The van der Waals surface area contributed by atoms with Crippen LogP contribution in [0.15, 0.2) is 78.9 Å². The molecule has 1 atom stereocenters. The smallest absolute Gasteiger partial charge is 0.326 e. The first-order chi connectivity index (χ1) is 15.4. The SMILES string of the molecule is Cc1ccc(NC(=O)C(OC(=O)CNC(=O)Cc2ccccc2)c2ccccc2)cc1Cl. The predicted octanol–water partition coefficient (Wildman–Crippen LogP) is 4.23. The third-order valence-electron chi connectivity index (χ3n) is 4.67. The molecule has 0 radical (unpaired) electrons. The zero-order valence-electron chi connectivity index (χ0n) is 17.5. The van der Waals surface area contributed by atoms with Gasteiger partial charge in [-0.3, -0.25) is 14.4 Å². The van der Waals surface area contributed by atoms with Crippen LogP contribution in [0.1, 0.15) is 22.8 Å². The molecule has 0 fully saturated rings.